The summed E-state index contributed by atoms with van der Waals surface area (Å²) >= 11 is 0. The van der Waals surface area contributed by atoms with Crippen molar-refractivity contribution >= 4 is 13.1 Å². The minimum atomic E-state index is -3.36. The largest absolute Gasteiger partial charge is 0.411 e. The molecule has 2 unspecified atom stereocenters. The van der Waals surface area contributed by atoms with Crippen molar-refractivity contribution in [1.82, 2.24) is 0 Å². The van der Waals surface area contributed by atoms with Crippen molar-refractivity contribution in [1.29, 1.82) is 0 Å². The van der Waals surface area contributed by atoms with Gasteiger partial charge in [-0.25, -0.2) is 0 Å². The molecule has 100 valence electrons. The van der Waals surface area contributed by atoms with Gasteiger partial charge in [-0.2, -0.15) is 0 Å². The second-order valence-electron chi connectivity index (χ2n) is 4.73. The van der Waals surface area contributed by atoms with Crippen LogP contribution in [0.25, 0.3) is 0 Å². The summed E-state index contributed by atoms with van der Waals surface area (Å²) in [4.78, 5) is 10.3. The molecule has 0 spiro atoms. The van der Waals surface area contributed by atoms with E-state index >= 15 is 0 Å². The maximum Gasteiger partial charge on any atom is 0.210 e. The quantitative estimate of drug-likeness (QED) is 0.371. The Bertz CT molecular complexity index is 457. The van der Waals surface area contributed by atoms with Crippen molar-refractivity contribution in [2.24, 2.45) is 5.16 Å². The highest BCUT2D eigenvalue weighted by molar-refractivity contribution is 7.59. The second-order valence-corrected chi connectivity index (χ2v) is 7.73. The van der Waals surface area contributed by atoms with Crippen LogP contribution in [0.2, 0.25) is 0 Å². The van der Waals surface area contributed by atoms with E-state index in [0.29, 0.717) is 5.71 Å². The molecule has 0 bridgehead atoms. The van der Waals surface area contributed by atoms with E-state index in [-0.39, 0.29) is 12.1 Å². The lowest BCUT2D eigenvalue weighted by atomic mass is 10.1. The van der Waals surface area contributed by atoms with Crippen LogP contribution < -0.4 is 0 Å². The molecule has 0 saturated carbocycles. The molecule has 2 atom stereocenters. The Balaban J connectivity index is 3.15. The maximum absolute atomic E-state index is 12.5. The molecule has 1 aromatic carbocycles. The maximum atomic E-state index is 12.5. The monoisotopic (exact) mass is 269 g/mol. The Kier molecular flexibility index (Phi) is 5.12. The van der Waals surface area contributed by atoms with E-state index in [0.717, 1.165) is 5.56 Å². The summed E-state index contributed by atoms with van der Waals surface area (Å²) in [6.45, 7) is 5.13. The van der Waals surface area contributed by atoms with Gasteiger partial charge in [-0.3, -0.25) is 4.57 Å². The number of nitrogens with zero attached hydrogens (tertiary/aromatic N) is 1. The highest BCUT2D eigenvalue weighted by Crippen LogP contribution is 2.60. The fourth-order valence-corrected chi connectivity index (χ4v) is 3.66. The van der Waals surface area contributed by atoms with E-state index < -0.39 is 13.0 Å². The minimum absolute atomic E-state index is 0.284. The molecular formula is C13H20NO3P. The van der Waals surface area contributed by atoms with E-state index in [1.54, 1.807) is 20.8 Å². The van der Waals surface area contributed by atoms with Gasteiger partial charge in [0.25, 0.3) is 0 Å². The molecule has 4 nitrogen and oxygen atoms in total. The third-order valence-electron chi connectivity index (χ3n) is 3.03. The van der Waals surface area contributed by atoms with Gasteiger partial charge in [0.1, 0.15) is 0 Å². The van der Waals surface area contributed by atoms with Crippen molar-refractivity contribution < 1.29 is 14.7 Å². The number of benzene rings is 1. The van der Waals surface area contributed by atoms with Gasteiger partial charge in [-0.05, 0) is 12.5 Å². The van der Waals surface area contributed by atoms with Crippen LogP contribution in [0, 0.1) is 0 Å². The zero-order chi connectivity index (χ0) is 13.8. The predicted octanol–water partition coefficient (Wildman–Crippen LogP) is 3.65. The van der Waals surface area contributed by atoms with Crippen LogP contribution in [0.4, 0.5) is 0 Å². The molecule has 0 heterocycles. The Hall–Kier alpha value is -1.12. The predicted molar refractivity (Wildman–Crippen MR) is 73.7 cm³/mol. The average molecular weight is 269 g/mol. The van der Waals surface area contributed by atoms with Gasteiger partial charge in [0.2, 0.25) is 7.37 Å². The highest BCUT2D eigenvalue weighted by atomic mass is 31.2. The summed E-state index contributed by atoms with van der Waals surface area (Å²) in [5.41, 5.74) is 0.419. The third-order valence-corrected chi connectivity index (χ3v) is 5.88. The molecule has 0 aromatic heterocycles. The fraction of sp³-hybridized carbons (Fsp3) is 0.462. The molecule has 0 aliphatic heterocycles. The Labute approximate surface area is 108 Å². The molecular weight excluding hydrogens is 249 g/mol. The zero-order valence-electron chi connectivity index (χ0n) is 10.9. The average Bonchev–Trinajstić information content (AvgIpc) is 2.36. The SMILES string of the molecule is CC(CC(c1ccccc1)P(=O)(O)C(C)C)=NO. The fourth-order valence-electron chi connectivity index (χ4n) is 1.82. The van der Waals surface area contributed by atoms with Crippen LogP contribution in [0.1, 0.15) is 38.4 Å². The summed E-state index contributed by atoms with van der Waals surface area (Å²) < 4.78 is 12.5. The van der Waals surface area contributed by atoms with E-state index in [1.165, 1.54) is 0 Å². The van der Waals surface area contributed by atoms with Crippen molar-refractivity contribution in [3.63, 3.8) is 0 Å². The minimum Gasteiger partial charge on any atom is -0.411 e. The molecule has 1 rings (SSSR count). The van der Waals surface area contributed by atoms with Gasteiger partial charge < -0.3 is 10.1 Å². The van der Waals surface area contributed by atoms with Gasteiger partial charge in [-0.15, -0.1) is 0 Å². The number of hydrogen-bond donors (Lipinski definition) is 2. The van der Waals surface area contributed by atoms with E-state index in [4.69, 9.17) is 5.21 Å². The van der Waals surface area contributed by atoms with Crippen molar-refractivity contribution in [3.8, 4) is 0 Å². The van der Waals surface area contributed by atoms with Gasteiger partial charge in [0.05, 0.1) is 11.4 Å². The molecule has 0 radical (unpaired) electrons. The normalized spacial score (nSPS) is 17.5. The van der Waals surface area contributed by atoms with E-state index in [9.17, 15) is 9.46 Å². The summed E-state index contributed by atoms with van der Waals surface area (Å²) in [5, 5.41) is 11.9. The van der Waals surface area contributed by atoms with Gasteiger partial charge in [0.15, 0.2) is 0 Å². The Morgan fingerprint density at radius 2 is 1.89 bits per heavy atom. The first kappa shape index (κ1) is 14.9. The first-order chi connectivity index (χ1) is 8.39. The van der Waals surface area contributed by atoms with E-state index in [2.05, 4.69) is 5.16 Å². The molecule has 18 heavy (non-hydrogen) atoms. The lowest BCUT2D eigenvalue weighted by molar-refractivity contribution is 0.317. The molecule has 0 aliphatic rings. The molecule has 0 aliphatic carbocycles. The zero-order valence-corrected chi connectivity index (χ0v) is 11.8. The standard InChI is InChI=1S/C13H20NO3P/c1-10(2)18(16,17)13(9-11(3)14-15)12-7-5-4-6-8-12/h4-8,10,13,15H,9H2,1-3H3,(H,16,17). The smallest absolute Gasteiger partial charge is 0.210 e. The van der Waals surface area contributed by atoms with Crippen molar-refractivity contribution in [2.45, 2.75) is 38.5 Å². The van der Waals surface area contributed by atoms with Crippen molar-refractivity contribution in [3.05, 3.63) is 35.9 Å². The first-order valence-corrected chi connectivity index (χ1v) is 7.74. The van der Waals surface area contributed by atoms with Crippen LogP contribution in [0.5, 0.6) is 0 Å². The number of rotatable bonds is 5. The Morgan fingerprint density at radius 3 is 2.33 bits per heavy atom. The molecule has 0 amide bonds. The summed E-state index contributed by atoms with van der Waals surface area (Å²) in [5.74, 6) is 0. The lowest BCUT2D eigenvalue weighted by Gasteiger charge is -2.26. The van der Waals surface area contributed by atoms with Gasteiger partial charge in [-0.1, -0.05) is 49.3 Å². The molecule has 2 N–H and O–H groups in total. The van der Waals surface area contributed by atoms with Crippen LogP contribution in [-0.2, 0) is 4.57 Å². The second kappa shape index (κ2) is 6.17. The Morgan fingerprint density at radius 1 is 1.33 bits per heavy atom. The summed E-state index contributed by atoms with van der Waals surface area (Å²) in [7, 11) is -3.36. The third kappa shape index (κ3) is 3.44. The molecule has 0 fully saturated rings. The first-order valence-electron chi connectivity index (χ1n) is 5.94. The summed E-state index contributed by atoms with van der Waals surface area (Å²) in [6.07, 6.45) is 0.284. The van der Waals surface area contributed by atoms with Crippen LogP contribution in [0.3, 0.4) is 0 Å². The van der Waals surface area contributed by atoms with Gasteiger partial charge in [0, 0.05) is 12.1 Å². The lowest BCUT2D eigenvalue weighted by Crippen LogP contribution is -2.11. The van der Waals surface area contributed by atoms with Crippen molar-refractivity contribution in [2.75, 3.05) is 0 Å². The van der Waals surface area contributed by atoms with Crippen LogP contribution >= 0.6 is 7.37 Å². The van der Waals surface area contributed by atoms with Crippen LogP contribution in [0.15, 0.2) is 35.5 Å². The highest BCUT2D eigenvalue weighted by Gasteiger charge is 2.35. The number of hydrogen-bond acceptors (Lipinski definition) is 3. The summed E-state index contributed by atoms with van der Waals surface area (Å²) in [6, 6.07) is 9.22. The topological polar surface area (TPSA) is 69.9 Å². The number of oxime groups is 1. The van der Waals surface area contributed by atoms with Crippen LogP contribution in [-0.4, -0.2) is 21.5 Å². The van der Waals surface area contributed by atoms with E-state index in [1.807, 2.05) is 30.3 Å². The molecule has 1 aromatic rings. The van der Waals surface area contributed by atoms with Gasteiger partial charge >= 0.3 is 0 Å². The molecule has 5 heteroatoms. The molecule has 0 saturated heterocycles.